The number of H-pyrrole nitrogens is 1. The van der Waals surface area contributed by atoms with Crippen LogP contribution in [0.15, 0.2) is 48.8 Å². The van der Waals surface area contributed by atoms with Crippen LogP contribution in [0.1, 0.15) is 30.1 Å². The van der Waals surface area contributed by atoms with Crippen LogP contribution < -0.4 is 0 Å². The second-order valence-corrected chi connectivity index (χ2v) is 6.21. The molecule has 1 aliphatic rings. The van der Waals surface area contributed by atoms with E-state index in [2.05, 4.69) is 44.8 Å². The highest BCUT2D eigenvalue weighted by molar-refractivity contribution is 5.96. The van der Waals surface area contributed by atoms with Crippen LogP contribution in [0.3, 0.4) is 0 Å². The Morgan fingerprint density at radius 1 is 1.35 bits per heavy atom. The molecule has 1 atom stereocenters. The van der Waals surface area contributed by atoms with E-state index >= 15 is 0 Å². The molecule has 4 rings (SSSR count). The highest BCUT2D eigenvalue weighted by Crippen LogP contribution is 2.23. The topological polar surface area (TPSA) is 92.6 Å². The lowest BCUT2D eigenvalue weighted by molar-refractivity contribution is 0.0744. The van der Waals surface area contributed by atoms with Crippen molar-refractivity contribution in [2.45, 2.75) is 25.8 Å². The van der Waals surface area contributed by atoms with Gasteiger partial charge in [-0.2, -0.15) is 10.3 Å². The van der Waals surface area contributed by atoms with Crippen LogP contribution in [0.2, 0.25) is 0 Å². The van der Waals surface area contributed by atoms with Gasteiger partial charge in [0.05, 0.1) is 12.2 Å². The maximum Gasteiger partial charge on any atom is 0.290 e. The Bertz CT molecular complexity index is 929. The first kappa shape index (κ1) is 16.2. The molecule has 0 aliphatic carbocycles. The summed E-state index contributed by atoms with van der Waals surface area (Å²) in [6.45, 7) is 2.81. The van der Waals surface area contributed by atoms with Gasteiger partial charge in [0, 0.05) is 23.9 Å². The fraction of sp³-hybridized carbons (Fsp3) is 0.278. The van der Waals surface area contributed by atoms with Crippen molar-refractivity contribution in [1.82, 2.24) is 35.3 Å². The predicted molar refractivity (Wildman–Crippen MR) is 95.6 cm³/mol. The van der Waals surface area contributed by atoms with Crippen LogP contribution in [0, 0.1) is 0 Å². The van der Waals surface area contributed by atoms with Gasteiger partial charge < -0.3 is 4.90 Å². The van der Waals surface area contributed by atoms with E-state index in [9.17, 15) is 4.79 Å². The molecule has 1 amide bonds. The summed E-state index contributed by atoms with van der Waals surface area (Å²) in [6, 6.07) is 7.81. The monoisotopic (exact) mass is 349 g/mol. The summed E-state index contributed by atoms with van der Waals surface area (Å²) in [5.74, 6) is 0.426. The first-order valence-electron chi connectivity index (χ1n) is 8.63. The van der Waals surface area contributed by atoms with Gasteiger partial charge in [0.1, 0.15) is 0 Å². The summed E-state index contributed by atoms with van der Waals surface area (Å²) >= 11 is 0. The summed E-state index contributed by atoms with van der Waals surface area (Å²) in [6.07, 6.45) is 9.76. The molecule has 1 aliphatic heterocycles. The third-order valence-corrected chi connectivity index (χ3v) is 4.47. The molecule has 0 saturated carbocycles. The Labute approximate surface area is 150 Å². The summed E-state index contributed by atoms with van der Waals surface area (Å²) < 4.78 is 1.54. The molecule has 0 bridgehead atoms. The van der Waals surface area contributed by atoms with Gasteiger partial charge in [-0.3, -0.25) is 4.79 Å². The molecule has 0 saturated heterocycles. The summed E-state index contributed by atoms with van der Waals surface area (Å²) in [4.78, 5) is 14.9. The number of benzene rings is 1. The van der Waals surface area contributed by atoms with E-state index < -0.39 is 0 Å². The van der Waals surface area contributed by atoms with E-state index in [0.29, 0.717) is 18.1 Å². The predicted octanol–water partition coefficient (Wildman–Crippen LogP) is 2.23. The number of rotatable bonds is 5. The van der Waals surface area contributed by atoms with Crippen LogP contribution in [0.4, 0.5) is 0 Å². The third kappa shape index (κ3) is 3.01. The van der Waals surface area contributed by atoms with Crippen molar-refractivity contribution in [3.8, 4) is 17.1 Å². The number of carbonyl (C=O) groups is 1. The maximum atomic E-state index is 12.9. The van der Waals surface area contributed by atoms with Crippen LogP contribution in [0.25, 0.3) is 17.1 Å². The van der Waals surface area contributed by atoms with Crippen LogP contribution in [-0.4, -0.2) is 53.8 Å². The molecule has 0 fully saturated rings. The van der Waals surface area contributed by atoms with E-state index in [1.165, 1.54) is 4.68 Å². The number of amides is 1. The van der Waals surface area contributed by atoms with Crippen LogP contribution in [0.5, 0.6) is 0 Å². The van der Waals surface area contributed by atoms with Gasteiger partial charge in [0.2, 0.25) is 0 Å². The molecule has 1 unspecified atom stereocenters. The minimum absolute atomic E-state index is 0.0564. The number of nitrogens with one attached hydrogen (secondary N) is 1. The first-order valence-corrected chi connectivity index (χ1v) is 8.63. The van der Waals surface area contributed by atoms with E-state index in [1.54, 1.807) is 6.20 Å². The zero-order valence-corrected chi connectivity index (χ0v) is 14.4. The Balaban J connectivity index is 1.58. The van der Waals surface area contributed by atoms with Crippen molar-refractivity contribution in [3.05, 3.63) is 54.4 Å². The van der Waals surface area contributed by atoms with Gasteiger partial charge in [-0.1, -0.05) is 42.7 Å². The lowest BCUT2D eigenvalue weighted by atomic mass is 10.0. The van der Waals surface area contributed by atoms with Crippen molar-refractivity contribution in [2.75, 3.05) is 6.54 Å². The standard InChI is InChI=1S/C18H19N7O/c1-2-5-16-8-4-9-24(16)17(26)14-7-3-6-13(10-14)15-11-19-25(12-15)18-20-22-23-21-18/h3-4,6-8,10-12,16H,2,5,9H2,1H3,(H,20,21,22,23). The summed E-state index contributed by atoms with van der Waals surface area (Å²) in [5, 5.41) is 18.0. The number of carbonyl (C=O) groups excluding carboxylic acids is 1. The molecule has 26 heavy (non-hydrogen) atoms. The second-order valence-electron chi connectivity index (χ2n) is 6.21. The molecule has 132 valence electrons. The lowest BCUT2D eigenvalue weighted by Crippen LogP contribution is -2.35. The van der Waals surface area contributed by atoms with Gasteiger partial charge in [-0.15, -0.1) is 5.10 Å². The first-order chi connectivity index (χ1) is 12.8. The summed E-state index contributed by atoms with van der Waals surface area (Å²) in [5.41, 5.74) is 2.48. The smallest absolute Gasteiger partial charge is 0.290 e. The second kappa shape index (κ2) is 6.91. The Morgan fingerprint density at radius 2 is 2.27 bits per heavy atom. The Kier molecular flexibility index (Phi) is 4.30. The van der Waals surface area contributed by atoms with Crippen molar-refractivity contribution in [3.63, 3.8) is 0 Å². The van der Waals surface area contributed by atoms with Crippen LogP contribution in [-0.2, 0) is 0 Å². The highest BCUT2D eigenvalue weighted by Gasteiger charge is 2.25. The van der Waals surface area contributed by atoms with Gasteiger partial charge in [-0.05, 0) is 29.3 Å². The maximum absolute atomic E-state index is 12.9. The highest BCUT2D eigenvalue weighted by atomic mass is 16.2. The Morgan fingerprint density at radius 3 is 3.08 bits per heavy atom. The number of tetrazole rings is 1. The van der Waals surface area contributed by atoms with Gasteiger partial charge in [0.15, 0.2) is 0 Å². The zero-order valence-electron chi connectivity index (χ0n) is 14.4. The molecule has 0 spiro atoms. The van der Waals surface area contributed by atoms with Crippen LogP contribution >= 0.6 is 0 Å². The molecule has 3 aromatic rings. The van der Waals surface area contributed by atoms with Crippen molar-refractivity contribution < 1.29 is 4.79 Å². The molecular weight excluding hydrogens is 330 g/mol. The zero-order chi connectivity index (χ0) is 17.9. The molecule has 0 radical (unpaired) electrons. The van der Waals surface area contributed by atoms with E-state index in [4.69, 9.17) is 0 Å². The summed E-state index contributed by atoms with van der Waals surface area (Å²) in [7, 11) is 0. The average Bonchev–Trinajstić information content (AvgIpc) is 3.41. The van der Waals surface area contributed by atoms with Crippen molar-refractivity contribution in [1.29, 1.82) is 0 Å². The minimum Gasteiger partial charge on any atom is -0.328 e. The molecule has 3 heterocycles. The SMILES string of the molecule is CCCC1C=CCN1C(=O)c1cccc(-c2cnn(-c3nn[nH]n3)c2)c1. The van der Waals surface area contributed by atoms with E-state index in [1.807, 2.05) is 35.4 Å². The number of hydrogen-bond acceptors (Lipinski definition) is 5. The minimum atomic E-state index is 0.0564. The van der Waals surface area contributed by atoms with Gasteiger partial charge in [-0.25, -0.2) is 4.68 Å². The largest absolute Gasteiger partial charge is 0.328 e. The fourth-order valence-electron chi connectivity index (χ4n) is 3.18. The molecular formula is C18H19N7O. The van der Waals surface area contributed by atoms with E-state index in [0.717, 1.165) is 24.0 Å². The van der Waals surface area contributed by atoms with Crippen molar-refractivity contribution in [2.24, 2.45) is 0 Å². The quantitative estimate of drug-likeness (QED) is 0.713. The molecule has 8 nitrogen and oxygen atoms in total. The molecule has 2 aromatic heterocycles. The van der Waals surface area contributed by atoms with Crippen molar-refractivity contribution >= 4 is 5.91 Å². The molecule has 8 heteroatoms. The number of aromatic nitrogens is 6. The normalized spacial score (nSPS) is 16.3. The average molecular weight is 349 g/mol. The number of aromatic amines is 1. The molecule has 1 aromatic carbocycles. The number of hydrogen-bond donors (Lipinski definition) is 1. The van der Waals surface area contributed by atoms with Gasteiger partial charge in [0.25, 0.3) is 11.9 Å². The van der Waals surface area contributed by atoms with Gasteiger partial charge >= 0.3 is 0 Å². The number of nitrogens with zero attached hydrogens (tertiary/aromatic N) is 6. The van der Waals surface area contributed by atoms with E-state index in [-0.39, 0.29) is 11.9 Å². The third-order valence-electron chi connectivity index (χ3n) is 4.47. The Hall–Kier alpha value is -3.29. The lowest BCUT2D eigenvalue weighted by Gasteiger charge is -2.24. The molecule has 1 N–H and O–H groups in total. The fourth-order valence-corrected chi connectivity index (χ4v) is 3.18.